The van der Waals surface area contributed by atoms with E-state index in [0.29, 0.717) is 13.1 Å². The molecule has 1 aliphatic rings. The van der Waals surface area contributed by atoms with Crippen LogP contribution in [0.1, 0.15) is 37.8 Å². The average molecular weight is 349 g/mol. The highest BCUT2D eigenvalue weighted by Crippen LogP contribution is 2.28. The summed E-state index contributed by atoms with van der Waals surface area (Å²) in [6.45, 7) is 4.07. The highest BCUT2D eigenvalue weighted by molar-refractivity contribution is 7.88. The summed E-state index contributed by atoms with van der Waals surface area (Å²) in [6.07, 6.45) is 9.24. The second kappa shape index (κ2) is 6.98. The van der Waals surface area contributed by atoms with Crippen molar-refractivity contribution in [2.24, 2.45) is 0 Å². The highest BCUT2D eigenvalue weighted by Gasteiger charge is 2.26. The quantitative estimate of drug-likeness (QED) is 0.823. The van der Waals surface area contributed by atoms with E-state index in [2.05, 4.69) is 22.0 Å². The number of aromatic nitrogens is 4. The Hall–Kier alpha value is -1.80. The van der Waals surface area contributed by atoms with Crippen molar-refractivity contribution in [1.29, 1.82) is 0 Å². The van der Waals surface area contributed by atoms with Crippen LogP contribution in [0, 0.1) is 0 Å². The standard InChI is InChI=1S/C16H23N5O2S/c1-3-8-21-16(4-7-19-21)15-12-17-14(11-18-15)13-5-9-20(10-6-13)24(2,22)23/h4,7,11-13H,3,5-6,8-10H2,1-2H3. The Morgan fingerprint density at radius 1 is 1.21 bits per heavy atom. The molecule has 0 radical (unpaired) electrons. The van der Waals surface area contributed by atoms with E-state index < -0.39 is 10.0 Å². The van der Waals surface area contributed by atoms with Gasteiger partial charge in [-0.1, -0.05) is 6.92 Å². The Bertz CT molecular complexity index is 777. The number of hydrogen-bond acceptors (Lipinski definition) is 5. The maximum atomic E-state index is 11.6. The molecule has 0 atom stereocenters. The van der Waals surface area contributed by atoms with Gasteiger partial charge in [0.1, 0.15) is 5.69 Å². The van der Waals surface area contributed by atoms with Crippen molar-refractivity contribution in [2.75, 3.05) is 19.3 Å². The molecule has 24 heavy (non-hydrogen) atoms. The molecular weight excluding hydrogens is 326 g/mol. The molecule has 2 aromatic rings. The molecule has 0 saturated carbocycles. The van der Waals surface area contributed by atoms with Gasteiger partial charge in [0.2, 0.25) is 10.0 Å². The molecule has 1 aliphatic heterocycles. The van der Waals surface area contributed by atoms with Gasteiger partial charge >= 0.3 is 0 Å². The van der Waals surface area contributed by atoms with Crippen molar-refractivity contribution in [3.05, 3.63) is 30.4 Å². The minimum absolute atomic E-state index is 0.269. The van der Waals surface area contributed by atoms with Gasteiger partial charge in [0.25, 0.3) is 0 Å². The summed E-state index contributed by atoms with van der Waals surface area (Å²) < 4.78 is 26.6. The van der Waals surface area contributed by atoms with Crippen LogP contribution >= 0.6 is 0 Å². The van der Waals surface area contributed by atoms with Crippen molar-refractivity contribution in [2.45, 2.75) is 38.6 Å². The van der Waals surface area contributed by atoms with E-state index in [0.717, 1.165) is 42.9 Å². The minimum atomic E-state index is -3.09. The van der Waals surface area contributed by atoms with Crippen LogP contribution in [-0.4, -0.2) is 51.8 Å². The fraction of sp³-hybridized carbons (Fsp3) is 0.562. The predicted molar refractivity (Wildman–Crippen MR) is 91.9 cm³/mol. The fourth-order valence-corrected chi connectivity index (χ4v) is 3.98. The van der Waals surface area contributed by atoms with Crippen molar-refractivity contribution in [3.63, 3.8) is 0 Å². The third kappa shape index (κ3) is 3.64. The van der Waals surface area contributed by atoms with Gasteiger partial charge in [-0.05, 0) is 25.3 Å². The Kier molecular flexibility index (Phi) is 4.96. The van der Waals surface area contributed by atoms with Gasteiger partial charge in [-0.2, -0.15) is 5.10 Å². The number of sulfonamides is 1. The van der Waals surface area contributed by atoms with Gasteiger partial charge in [-0.25, -0.2) is 12.7 Å². The molecule has 0 spiro atoms. The molecule has 0 amide bonds. The minimum Gasteiger partial charge on any atom is -0.263 e. The van der Waals surface area contributed by atoms with E-state index >= 15 is 0 Å². The van der Waals surface area contributed by atoms with Crippen molar-refractivity contribution < 1.29 is 8.42 Å². The lowest BCUT2D eigenvalue weighted by Gasteiger charge is -2.29. The van der Waals surface area contributed by atoms with Gasteiger partial charge in [0.05, 0.1) is 23.8 Å². The summed E-state index contributed by atoms with van der Waals surface area (Å²) in [7, 11) is -3.09. The molecular formula is C16H23N5O2S. The summed E-state index contributed by atoms with van der Waals surface area (Å²) in [5.74, 6) is 0.269. The Balaban J connectivity index is 1.70. The Morgan fingerprint density at radius 3 is 2.54 bits per heavy atom. The molecule has 7 nitrogen and oxygen atoms in total. The SMILES string of the molecule is CCCn1nccc1-c1cnc(C2CCN(S(C)(=O)=O)CC2)cn1. The van der Waals surface area contributed by atoms with Crippen molar-refractivity contribution in [3.8, 4) is 11.4 Å². The maximum Gasteiger partial charge on any atom is 0.211 e. The van der Waals surface area contributed by atoms with Crippen molar-refractivity contribution >= 4 is 10.0 Å². The van der Waals surface area contributed by atoms with Crippen LogP contribution in [0.25, 0.3) is 11.4 Å². The van der Waals surface area contributed by atoms with Crippen LogP contribution in [0.3, 0.4) is 0 Å². The van der Waals surface area contributed by atoms with Gasteiger partial charge in [-0.3, -0.25) is 14.6 Å². The van der Waals surface area contributed by atoms with Gasteiger partial charge in [-0.15, -0.1) is 0 Å². The number of piperidine rings is 1. The van der Waals surface area contributed by atoms with E-state index in [9.17, 15) is 8.42 Å². The normalized spacial score (nSPS) is 17.2. The van der Waals surface area contributed by atoms with E-state index in [-0.39, 0.29) is 5.92 Å². The van der Waals surface area contributed by atoms with E-state index in [1.54, 1.807) is 12.4 Å². The number of aryl methyl sites for hydroxylation is 1. The first-order valence-electron chi connectivity index (χ1n) is 8.28. The fourth-order valence-electron chi connectivity index (χ4n) is 3.10. The first-order chi connectivity index (χ1) is 11.5. The molecule has 0 bridgehead atoms. The molecule has 3 heterocycles. The van der Waals surface area contributed by atoms with Crippen molar-refractivity contribution in [1.82, 2.24) is 24.1 Å². The zero-order valence-corrected chi connectivity index (χ0v) is 14.9. The highest BCUT2D eigenvalue weighted by atomic mass is 32.2. The first-order valence-corrected chi connectivity index (χ1v) is 10.1. The molecule has 8 heteroatoms. The van der Waals surface area contributed by atoms with Crippen LogP contribution in [0.15, 0.2) is 24.7 Å². The summed E-state index contributed by atoms with van der Waals surface area (Å²) in [6, 6.07) is 1.95. The Labute approximate surface area is 142 Å². The smallest absolute Gasteiger partial charge is 0.211 e. The largest absolute Gasteiger partial charge is 0.263 e. The number of nitrogens with zero attached hydrogens (tertiary/aromatic N) is 5. The topological polar surface area (TPSA) is 81.0 Å². The molecule has 0 N–H and O–H groups in total. The van der Waals surface area contributed by atoms with E-state index in [4.69, 9.17) is 0 Å². The van der Waals surface area contributed by atoms with Crippen LogP contribution < -0.4 is 0 Å². The van der Waals surface area contributed by atoms with Crippen LogP contribution in [0.2, 0.25) is 0 Å². The second-order valence-electron chi connectivity index (χ2n) is 6.20. The predicted octanol–water partition coefficient (Wildman–Crippen LogP) is 1.89. The lowest BCUT2D eigenvalue weighted by molar-refractivity contribution is 0.318. The summed E-state index contributed by atoms with van der Waals surface area (Å²) >= 11 is 0. The maximum absolute atomic E-state index is 11.6. The molecule has 3 rings (SSSR count). The van der Waals surface area contributed by atoms with Gasteiger partial charge < -0.3 is 0 Å². The summed E-state index contributed by atoms with van der Waals surface area (Å²) in [4.78, 5) is 9.13. The molecule has 0 unspecified atom stereocenters. The summed E-state index contributed by atoms with van der Waals surface area (Å²) in [5, 5.41) is 4.31. The molecule has 0 aromatic carbocycles. The monoisotopic (exact) mass is 349 g/mol. The summed E-state index contributed by atoms with van der Waals surface area (Å²) in [5.41, 5.74) is 2.73. The third-order valence-electron chi connectivity index (χ3n) is 4.43. The molecule has 130 valence electrons. The third-order valence-corrected chi connectivity index (χ3v) is 5.73. The zero-order chi connectivity index (χ0) is 17.2. The van der Waals surface area contributed by atoms with Gasteiger partial charge in [0, 0.05) is 37.9 Å². The van der Waals surface area contributed by atoms with Crippen LogP contribution in [0.4, 0.5) is 0 Å². The first kappa shape index (κ1) is 17.0. The molecule has 2 aromatic heterocycles. The zero-order valence-electron chi connectivity index (χ0n) is 14.1. The van der Waals surface area contributed by atoms with E-state index in [1.165, 1.54) is 10.6 Å². The molecule has 1 saturated heterocycles. The number of hydrogen-bond donors (Lipinski definition) is 0. The van der Waals surface area contributed by atoms with Crippen LogP contribution in [0.5, 0.6) is 0 Å². The second-order valence-corrected chi connectivity index (χ2v) is 8.18. The molecule has 1 fully saturated rings. The lowest BCUT2D eigenvalue weighted by atomic mass is 9.95. The van der Waals surface area contributed by atoms with Gasteiger partial charge in [0.15, 0.2) is 0 Å². The molecule has 0 aliphatic carbocycles. The Morgan fingerprint density at radius 2 is 1.96 bits per heavy atom. The average Bonchev–Trinajstić information content (AvgIpc) is 3.03. The number of rotatable bonds is 5. The van der Waals surface area contributed by atoms with Crippen LogP contribution in [-0.2, 0) is 16.6 Å². The lowest BCUT2D eigenvalue weighted by Crippen LogP contribution is -2.37. The van der Waals surface area contributed by atoms with E-state index in [1.807, 2.05) is 16.9 Å².